The molecule has 0 aliphatic heterocycles. The van der Waals surface area contributed by atoms with Crippen LogP contribution in [0.15, 0.2) is 18.2 Å². The third kappa shape index (κ3) is 4.71. The summed E-state index contributed by atoms with van der Waals surface area (Å²) in [5.41, 5.74) is -0.0420. The molecule has 1 aromatic carbocycles. The Balaban J connectivity index is 2.64. The lowest BCUT2D eigenvalue weighted by molar-refractivity contribution is -0.115. The number of carbonyl (C=O) groups is 1. The van der Waals surface area contributed by atoms with E-state index in [0.717, 1.165) is 0 Å². The first kappa shape index (κ1) is 14.4. The summed E-state index contributed by atoms with van der Waals surface area (Å²) in [7, 11) is 1.49. The minimum absolute atomic E-state index is 0.120. The maximum Gasteiger partial charge on any atom is 0.238 e. The number of carbonyl (C=O) groups excluding carboxylic acids is 1. The predicted molar refractivity (Wildman–Crippen MR) is 69.3 cm³/mol. The molecule has 0 aromatic heterocycles. The van der Waals surface area contributed by atoms with Gasteiger partial charge in [-0.05, 0) is 32.9 Å². The average molecular weight is 254 g/mol. The van der Waals surface area contributed by atoms with Crippen LogP contribution >= 0.6 is 0 Å². The Morgan fingerprint density at radius 1 is 1.39 bits per heavy atom. The zero-order valence-corrected chi connectivity index (χ0v) is 11.1. The minimum atomic E-state index is -0.486. The van der Waals surface area contributed by atoms with E-state index in [2.05, 4.69) is 10.6 Å². The molecule has 1 aromatic rings. The van der Waals surface area contributed by atoms with Crippen molar-refractivity contribution < 1.29 is 13.9 Å². The molecule has 0 bridgehead atoms. The highest BCUT2D eigenvalue weighted by molar-refractivity contribution is 5.92. The number of nitrogens with one attached hydrogen (secondary N) is 2. The van der Waals surface area contributed by atoms with Crippen molar-refractivity contribution in [1.29, 1.82) is 0 Å². The van der Waals surface area contributed by atoms with E-state index in [4.69, 9.17) is 4.74 Å². The predicted octanol–water partition coefficient (Wildman–Crippen LogP) is 2.16. The van der Waals surface area contributed by atoms with Crippen LogP contribution in [0.1, 0.15) is 20.8 Å². The lowest BCUT2D eigenvalue weighted by Gasteiger charge is -2.20. The summed E-state index contributed by atoms with van der Waals surface area (Å²) in [5, 5.41) is 5.53. The van der Waals surface area contributed by atoms with E-state index >= 15 is 0 Å². The first-order chi connectivity index (χ1) is 8.31. The molecule has 0 atom stereocenters. The molecule has 2 N–H and O–H groups in total. The third-order valence-corrected chi connectivity index (χ3v) is 2.23. The summed E-state index contributed by atoms with van der Waals surface area (Å²) < 4.78 is 18.4. The highest BCUT2D eigenvalue weighted by atomic mass is 19.1. The molecule has 0 spiro atoms. The molecule has 1 amide bonds. The Morgan fingerprint density at radius 2 is 2.06 bits per heavy atom. The van der Waals surface area contributed by atoms with Gasteiger partial charge >= 0.3 is 0 Å². The van der Waals surface area contributed by atoms with Crippen LogP contribution in [0, 0.1) is 5.82 Å². The number of benzene rings is 1. The molecule has 0 fully saturated rings. The van der Waals surface area contributed by atoms with Crippen molar-refractivity contribution in [3.8, 4) is 5.75 Å². The lowest BCUT2D eigenvalue weighted by Crippen LogP contribution is -2.41. The zero-order chi connectivity index (χ0) is 13.8. The summed E-state index contributed by atoms with van der Waals surface area (Å²) in [4.78, 5) is 11.6. The van der Waals surface area contributed by atoms with Gasteiger partial charge in [0.05, 0.1) is 19.3 Å². The van der Waals surface area contributed by atoms with E-state index < -0.39 is 5.82 Å². The SMILES string of the molecule is COc1ccc(F)c(NC(=O)CNC(C)(C)C)c1. The van der Waals surface area contributed by atoms with Crippen molar-refractivity contribution >= 4 is 11.6 Å². The monoisotopic (exact) mass is 254 g/mol. The van der Waals surface area contributed by atoms with Gasteiger partial charge in [-0.25, -0.2) is 4.39 Å². The number of anilines is 1. The van der Waals surface area contributed by atoms with Crippen LogP contribution in [0.3, 0.4) is 0 Å². The Hall–Kier alpha value is -1.62. The maximum atomic E-state index is 13.4. The standard InChI is InChI=1S/C13H19FN2O2/c1-13(2,3)15-8-12(17)16-11-7-9(18-4)5-6-10(11)14/h5-7,15H,8H2,1-4H3,(H,16,17). The van der Waals surface area contributed by atoms with E-state index in [9.17, 15) is 9.18 Å². The van der Waals surface area contributed by atoms with Crippen LogP contribution in [-0.2, 0) is 4.79 Å². The summed E-state index contributed by atoms with van der Waals surface area (Å²) >= 11 is 0. The lowest BCUT2D eigenvalue weighted by atomic mass is 10.1. The number of rotatable bonds is 4. The van der Waals surface area contributed by atoms with Crippen molar-refractivity contribution in [3.05, 3.63) is 24.0 Å². The van der Waals surface area contributed by atoms with E-state index in [1.54, 1.807) is 0 Å². The van der Waals surface area contributed by atoms with Gasteiger partial charge in [-0.2, -0.15) is 0 Å². The summed E-state index contributed by atoms with van der Waals surface area (Å²) in [5.74, 6) is -0.285. The summed E-state index contributed by atoms with van der Waals surface area (Å²) in [6, 6.07) is 4.20. The van der Waals surface area contributed by atoms with Crippen LogP contribution in [0.4, 0.5) is 10.1 Å². The van der Waals surface area contributed by atoms with Gasteiger partial charge in [0.2, 0.25) is 5.91 Å². The second kappa shape index (κ2) is 5.82. The van der Waals surface area contributed by atoms with Crippen molar-refractivity contribution in [3.63, 3.8) is 0 Å². The molecule has 0 unspecified atom stereocenters. The van der Waals surface area contributed by atoms with Crippen molar-refractivity contribution in [1.82, 2.24) is 5.32 Å². The summed E-state index contributed by atoms with van der Waals surface area (Å²) in [6.45, 7) is 5.98. The molecule has 0 saturated carbocycles. The number of methoxy groups -OCH3 is 1. The zero-order valence-electron chi connectivity index (χ0n) is 11.1. The molecule has 0 saturated heterocycles. The van der Waals surface area contributed by atoms with Crippen LogP contribution in [0.5, 0.6) is 5.75 Å². The van der Waals surface area contributed by atoms with E-state index in [0.29, 0.717) is 5.75 Å². The van der Waals surface area contributed by atoms with E-state index in [1.165, 1.54) is 25.3 Å². The number of ether oxygens (including phenoxy) is 1. The molecule has 0 heterocycles. The molecule has 1 rings (SSSR count). The highest BCUT2D eigenvalue weighted by Gasteiger charge is 2.13. The van der Waals surface area contributed by atoms with Crippen molar-refractivity contribution in [2.24, 2.45) is 0 Å². The highest BCUT2D eigenvalue weighted by Crippen LogP contribution is 2.20. The smallest absolute Gasteiger partial charge is 0.238 e. The fourth-order valence-electron chi connectivity index (χ4n) is 1.27. The Bertz CT molecular complexity index is 427. The minimum Gasteiger partial charge on any atom is -0.497 e. The van der Waals surface area contributed by atoms with Gasteiger partial charge < -0.3 is 15.4 Å². The number of hydrogen-bond donors (Lipinski definition) is 2. The van der Waals surface area contributed by atoms with Gasteiger partial charge in [0, 0.05) is 11.6 Å². The average Bonchev–Trinajstić information content (AvgIpc) is 2.28. The van der Waals surface area contributed by atoms with Crippen LogP contribution in [0.25, 0.3) is 0 Å². The Labute approximate surface area is 107 Å². The molecule has 100 valence electrons. The number of hydrogen-bond acceptors (Lipinski definition) is 3. The van der Waals surface area contributed by atoms with E-state index in [1.807, 2.05) is 20.8 Å². The van der Waals surface area contributed by atoms with Crippen molar-refractivity contribution in [2.75, 3.05) is 19.0 Å². The van der Waals surface area contributed by atoms with Crippen LogP contribution in [-0.4, -0.2) is 25.1 Å². The van der Waals surface area contributed by atoms with Gasteiger partial charge in [0.25, 0.3) is 0 Å². The Morgan fingerprint density at radius 3 is 2.61 bits per heavy atom. The maximum absolute atomic E-state index is 13.4. The summed E-state index contributed by atoms with van der Waals surface area (Å²) in [6.07, 6.45) is 0. The van der Waals surface area contributed by atoms with Gasteiger partial charge in [-0.3, -0.25) is 4.79 Å². The first-order valence-electron chi connectivity index (χ1n) is 5.70. The van der Waals surface area contributed by atoms with Crippen molar-refractivity contribution in [2.45, 2.75) is 26.3 Å². The topological polar surface area (TPSA) is 50.4 Å². The van der Waals surface area contributed by atoms with Gasteiger partial charge in [0.1, 0.15) is 11.6 Å². The molecular weight excluding hydrogens is 235 g/mol. The molecule has 4 nitrogen and oxygen atoms in total. The number of halogens is 1. The molecule has 0 radical (unpaired) electrons. The molecule has 0 aliphatic rings. The molecule has 5 heteroatoms. The van der Waals surface area contributed by atoms with Gasteiger partial charge in [-0.15, -0.1) is 0 Å². The molecule has 18 heavy (non-hydrogen) atoms. The second-order valence-electron chi connectivity index (χ2n) is 5.00. The normalized spacial score (nSPS) is 11.2. The van der Waals surface area contributed by atoms with Gasteiger partial charge in [0.15, 0.2) is 0 Å². The molecular formula is C13H19FN2O2. The third-order valence-electron chi connectivity index (χ3n) is 2.23. The van der Waals surface area contributed by atoms with Gasteiger partial charge in [-0.1, -0.05) is 0 Å². The van der Waals surface area contributed by atoms with E-state index in [-0.39, 0.29) is 23.7 Å². The second-order valence-corrected chi connectivity index (χ2v) is 5.00. The molecule has 0 aliphatic carbocycles. The first-order valence-corrected chi connectivity index (χ1v) is 5.70. The quantitative estimate of drug-likeness (QED) is 0.865. The largest absolute Gasteiger partial charge is 0.497 e. The van der Waals surface area contributed by atoms with Crippen LogP contribution < -0.4 is 15.4 Å². The van der Waals surface area contributed by atoms with Crippen LogP contribution in [0.2, 0.25) is 0 Å². The number of amides is 1. The fourth-order valence-corrected chi connectivity index (χ4v) is 1.27. The Kier molecular flexibility index (Phi) is 4.67. The fraction of sp³-hybridized carbons (Fsp3) is 0.462.